The minimum Gasteiger partial charge on any atom is -0.397 e. The molecule has 0 bridgehead atoms. The van der Waals surface area contributed by atoms with Crippen molar-refractivity contribution in [2.45, 2.75) is 35.8 Å². The van der Waals surface area contributed by atoms with E-state index in [0.29, 0.717) is 0 Å². The van der Waals surface area contributed by atoms with Crippen molar-refractivity contribution in [2.24, 2.45) is 0 Å². The van der Waals surface area contributed by atoms with Crippen molar-refractivity contribution in [1.82, 2.24) is 4.98 Å². The molecule has 0 spiro atoms. The number of nitrogen functional groups attached to an aromatic ring is 1. The number of anilines is 1. The number of rotatable bonds is 2. The first-order valence-corrected chi connectivity index (χ1v) is 7.02. The Bertz CT molecular complexity index is 533. The van der Waals surface area contributed by atoms with E-state index in [1.807, 2.05) is 23.9 Å². The predicted octanol–water partition coefficient (Wildman–Crippen LogP) is 3.85. The molecule has 2 aromatic rings. The van der Waals surface area contributed by atoms with E-state index in [9.17, 15) is 0 Å². The third-order valence-corrected chi connectivity index (χ3v) is 4.84. The van der Waals surface area contributed by atoms with Gasteiger partial charge in [0.25, 0.3) is 0 Å². The van der Waals surface area contributed by atoms with Crippen molar-refractivity contribution >= 4 is 28.4 Å². The molecule has 3 rings (SSSR count). The lowest BCUT2D eigenvalue weighted by Crippen LogP contribution is -1.98. The molecular formula is C14H16N2S. The molecule has 1 aliphatic rings. The van der Waals surface area contributed by atoms with Gasteiger partial charge in [0.1, 0.15) is 0 Å². The maximum atomic E-state index is 6.08. The zero-order chi connectivity index (χ0) is 11.7. The molecule has 1 saturated carbocycles. The summed E-state index contributed by atoms with van der Waals surface area (Å²) in [4.78, 5) is 5.60. The fourth-order valence-electron chi connectivity index (χ4n) is 2.44. The second kappa shape index (κ2) is 4.57. The summed E-state index contributed by atoms with van der Waals surface area (Å²) in [5.74, 6) is 0. The molecule has 88 valence electrons. The van der Waals surface area contributed by atoms with Crippen LogP contribution in [0.1, 0.15) is 25.7 Å². The summed E-state index contributed by atoms with van der Waals surface area (Å²) in [6.07, 6.45) is 7.16. The normalized spacial score (nSPS) is 16.7. The molecule has 1 fully saturated rings. The Morgan fingerprint density at radius 2 is 1.94 bits per heavy atom. The van der Waals surface area contributed by atoms with Gasteiger partial charge >= 0.3 is 0 Å². The zero-order valence-electron chi connectivity index (χ0n) is 9.73. The summed E-state index contributed by atoms with van der Waals surface area (Å²) in [5.41, 5.74) is 7.95. The number of benzene rings is 1. The second-order valence-electron chi connectivity index (χ2n) is 4.58. The fourth-order valence-corrected chi connectivity index (χ4v) is 3.83. The number of pyridine rings is 1. The third-order valence-electron chi connectivity index (χ3n) is 3.34. The first kappa shape index (κ1) is 10.9. The summed E-state index contributed by atoms with van der Waals surface area (Å²) in [7, 11) is 0. The monoisotopic (exact) mass is 244 g/mol. The van der Waals surface area contributed by atoms with Crippen LogP contribution in [0.3, 0.4) is 0 Å². The van der Waals surface area contributed by atoms with Crippen LogP contribution in [0.2, 0.25) is 0 Å². The van der Waals surface area contributed by atoms with Gasteiger partial charge in [-0.3, -0.25) is 4.98 Å². The number of hydrogen-bond donors (Lipinski definition) is 1. The molecule has 2 nitrogen and oxygen atoms in total. The third kappa shape index (κ3) is 2.12. The number of para-hydroxylation sites is 1. The number of aromatic nitrogens is 1. The van der Waals surface area contributed by atoms with E-state index >= 15 is 0 Å². The first-order chi connectivity index (χ1) is 8.34. The highest BCUT2D eigenvalue weighted by atomic mass is 32.2. The SMILES string of the molecule is Nc1cnc2ccccc2c1SC1CCCC1. The Labute approximate surface area is 106 Å². The van der Waals surface area contributed by atoms with Gasteiger partial charge in [-0.05, 0) is 18.9 Å². The topological polar surface area (TPSA) is 38.9 Å². The molecule has 1 heterocycles. The van der Waals surface area contributed by atoms with Gasteiger partial charge in [0.05, 0.1) is 17.4 Å². The number of nitrogens with two attached hydrogens (primary N) is 1. The molecule has 0 saturated heterocycles. The van der Waals surface area contributed by atoms with Crippen LogP contribution < -0.4 is 5.73 Å². The van der Waals surface area contributed by atoms with Gasteiger partial charge in [-0.25, -0.2) is 0 Å². The molecule has 3 heteroatoms. The minimum absolute atomic E-state index is 0.739. The van der Waals surface area contributed by atoms with Crippen LogP contribution in [0.15, 0.2) is 35.4 Å². The first-order valence-electron chi connectivity index (χ1n) is 6.14. The van der Waals surface area contributed by atoms with Gasteiger partial charge in [0.2, 0.25) is 0 Å². The highest BCUT2D eigenvalue weighted by Gasteiger charge is 2.18. The lowest BCUT2D eigenvalue weighted by Gasteiger charge is -2.13. The van der Waals surface area contributed by atoms with E-state index in [2.05, 4.69) is 17.1 Å². The molecule has 0 aliphatic heterocycles. The smallest absolute Gasteiger partial charge is 0.0714 e. The van der Waals surface area contributed by atoms with Gasteiger partial charge in [-0.1, -0.05) is 31.0 Å². The van der Waals surface area contributed by atoms with Crippen LogP contribution in [0.5, 0.6) is 0 Å². The Kier molecular flexibility index (Phi) is 2.93. The number of thioether (sulfide) groups is 1. The summed E-state index contributed by atoms with van der Waals surface area (Å²) >= 11 is 1.94. The maximum absolute atomic E-state index is 6.08. The van der Waals surface area contributed by atoms with E-state index < -0.39 is 0 Å². The van der Waals surface area contributed by atoms with E-state index in [0.717, 1.165) is 16.5 Å². The van der Waals surface area contributed by atoms with Crippen LogP contribution >= 0.6 is 11.8 Å². The highest BCUT2D eigenvalue weighted by molar-refractivity contribution is 8.00. The molecule has 0 amide bonds. The lowest BCUT2D eigenvalue weighted by molar-refractivity contribution is 0.886. The van der Waals surface area contributed by atoms with Gasteiger partial charge in [0.15, 0.2) is 0 Å². The van der Waals surface area contributed by atoms with Crippen molar-refractivity contribution in [3.63, 3.8) is 0 Å². The van der Waals surface area contributed by atoms with Crippen LogP contribution in [-0.4, -0.2) is 10.2 Å². The number of fused-ring (bicyclic) bond motifs is 1. The van der Waals surface area contributed by atoms with E-state index in [4.69, 9.17) is 5.73 Å². The Morgan fingerprint density at radius 3 is 2.76 bits per heavy atom. The molecule has 2 N–H and O–H groups in total. The highest BCUT2D eigenvalue weighted by Crippen LogP contribution is 2.40. The van der Waals surface area contributed by atoms with Gasteiger partial charge < -0.3 is 5.73 Å². The summed E-state index contributed by atoms with van der Waals surface area (Å²) in [6.45, 7) is 0. The molecule has 0 radical (unpaired) electrons. The van der Waals surface area contributed by atoms with E-state index in [1.165, 1.54) is 36.0 Å². The Hall–Kier alpha value is -1.22. The van der Waals surface area contributed by atoms with E-state index in [1.54, 1.807) is 6.20 Å². The number of nitrogens with zero attached hydrogens (tertiary/aromatic N) is 1. The fraction of sp³-hybridized carbons (Fsp3) is 0.357. The van der Waals surface area contributed by atoms with Crippen molar-refractivity contribution in [3.05, 3.63) is 30.5 Å². The predicted molar refractivity (Wildman–Crippen MR) is 74.3 cm³/mol. The molecule has 1 aromatic carbocycles. The van der Waals surface area contributed by atoms with Gasteiger partial charge in [0, 0.05) is 15.5 Å². The minimum atomic E-state index is 0.739. The zero-order valence-corrected chi connectivity index (χ0v) is 10.5. The molecule has 0 unspecified atom stereocenters. The molecule has 0 atom stereocenters. The quantitative estimate of drug-likeness (QED) is 0.872. The summed E-state index contributed by atoms with van der Waals surface area (Å²) < 4.78 is 0. The maximum Gasteiger partial charge on any atom is 0.0714 e. The largest absolute Gasteiger partial charge is 0.397 e. The van der Waals surface area contributed by atoms with Crippen molar-refractivity contribution in [1.29, 1.82) is 0 Å². The van der Waals surface area contributed by atoms with Crippen LogP contribution in [0.25, 0.3) is 10.9 Å². The second-order valence-corrected chi connectivity index (χ2v) is 5.89. The van der Waals surface area contributed by atoms with Gasteiger partial charge in [-0.15, -0.1) is 11.8 Å². The molecular weight excluding hydrogens is 228 g/mol. The van der Waals surface area contributed by atoms with Crippen molar-refractivity contribution < 1.29 is 0 Å². The lowest BCUT2D eigenvalue weighted by atomic mass is 10.2. The molecule has 17 heavy (non-hydrogen) atoms. The Morgan fingerprint density at radius 1 is 1.18 bits per heavy atom. The van der Waals surface area contributed by atoms with Gasteiger partial charge in [-0.2, -0.15) is 0 Å². The van der Waals surface area contributed by atoms with E-state index in [-0.39, 0.29) is 0 Å². The number of hydrogen-bond acceptors (Lipinski definition) is 3. The molecule has 1 aromatic heterocycles. The van der Waals surface area contributed by atoms with Crippen molar-refractivity contribution in [2.75, 3.05) is 5.73 Å². The molecule has 1 aliphatic carbocycles. The van der Waals surface area contributed by atoms with Crippen LogP contribution in [-0.2, 0) is 0 Å². The van der Waals surface area contributed by atoms with Crippen LogP contribution in [0, 0.1) is 0 Å². The van der Waals surface area contributed by atoms with Crippen LogP contribution in [0.4, 0.5) is 5.69 Å². The average molecular weight is 244 g/mol. The average Bonchev–Trinajstić information content (AvgIpc) is 2.86. The Balaban J connectivity index is 2.03. The summed E-state index contributed by atoms with van der Waals surface area (Å²) in [6, 6.07) is 8.25. The summed E-state index contributed by atoms with van der Waals surface area (Å²) in [5, 5.41) is 1.94. The standard InChI is InChI=1S/C14H16N2S/c15-12-9-16-13-8-4-3-7-11(13)14(12)17-10-5-1-2-6-10/h3-4,7-10H,1-2,5-6,15H2. The van der Waals surface area contributed by atoms with Crippen molar-refractivity contribution in [3.8, 4) is 0 Å².